The Kier molecular flexibility index (Phi) is 4.99. The normalized spacial score (nSPS) is 10.5. The molecule has 1 aromatic carbocycles. The van der Waals surface area contributed by atoms with Gasteiger partial charge in [0, 0.05) is 6.42 Å². The van der Waals surface area contributed by atoms with E-state index in [0.717, 1.165) is 6.42 Å². The molecule has 0 saturated carbocycles. The molecular formula is C14H19N3O4. The van der Waals surface area contributed by atoms with Gasteiger partial charge in [-0.25, -0.2) is 0 Å². The lowest BCUT2D eigenvalue weighted by Gasteiger charge is -2.13. The number of hydrogen-bond donors (Lipinski definition) is 1. The van der Waals surface area contributed by atoms with Crippen LogP contribution in [0.4, 0.5) is 0 Å². The van der Waals surface area contributed by atoms with Gasteiger partial charge in [0.05, 0.1) is 26.9 Å². The van der Waals surface area contributed by atoms with Crippen LogP contribution in [0.15, 0.2) is 16.7 Å². The summed E-state index contributed by atoms with van der Waals surface area (Å²) in [7, 11) is 4.66. The molecule has 0 bridgehead atoms. The summed E-state index contributed by atoms with van der Waals surface area (Å²) < 4.78 is 21.3. The van der Waals surface area contributed by atoms with Crippen molar-refractivity contribution in [1.29, 1.82) is 0 Å². The number of benzene rings is 1. The summed E-state index contributed by atoms with van der Waals surface area (Å²) in [4.78, 5) is 4.35. The predicted molar refractivity (Wildman–Crippen MR) is 76.8 cm³/mol. The van der Waals surface area contributed by atoms with Crippen molar-refractivity contribution in [2.24, 2.45) is 5.73 Å². The average Bonchev–Trinajstić information content (AvgIpc) is 2.99. The maximum Gasteiger partial charge on any atom is 0.261 e. The zero-order valence-corrected chi connectivity index (χ0v) is 12.4. The predicted octanol–water partition coefficient (Wildman–Crippen LogP) is 1.65. The Bertz CT molecular complexity index is 598. The van der Waals surface area contributed by atoms with Gasteiger partial charge in [-0.1, -0.05) is 5.16 Å². The summed E-state index contributed by atoms with van der Waals surface area (Å²) in [5.41, 5.74) is 6.13. The SMILES string of the molecule is COc1ccc(-c2nc(CCCN)no2)c(OC)c1OC. The molecule has 0 aliphatic rings. The molecule has 114 valence electrons. The summed E-state index contributed by atoms with van der Waals surface area (Å²) in [6.07, 6.45) is 1.48. The fourth-order valence-electron chi connectivity index (χ4n) is 1.99. The number of ether oxygens (including phenoxy) is 3. The van der Waals surface area contributed by atoms with Crippen LogP contribution in [-0.4, -0.2) is 38.0 Å². The first-order chi connectivity index (χ1) is 10.2. The number of nitrogens with two attached hydrogens (primary N) is 1. The molecule has 7 heteroatoms. The standard InChI is InChI=1S/C14H19N3O4/c1-18-10-7-6-9(12(19-2)13(10)20-3)14-16-11(17-21-14)5-4-8-15/h6-7H,4-5,8,15H2,1-3H3. The first-order valence-electron chi connectivity index (χ1n) is 6.57. The molecule has 0 atom stereocenters. The first-order valence-corrected chi connectivity index (χ1v) is 6.57. The van der Waals surface area contributed by atoms with E-state index in [0.29, 0.717) is 47.5 Å². The largest absolute Gasteiger partial charge is 0.493 e. The molecule has 0 unspecified atom stereocenters. The van der Waals surface area contributed by atoms with Gasteiger partial charge < -0.3 is 24.5 Å². The lowest BCUT2D eigenvalue weighted by atomic mass is 10.1. The van der Waals surface area contributed by atoms with E-state index in [1.54, 1.807) is 33.5 Å². The van der Waals surface area contributed by atoms with Gasteiger partial charge in [0.1, 0.15) is 0 Å². The van der Waals surface area contributed by atoms with E-state index in [1.807, 2.05) is 0 Å². The van der Waals surface area contributed by atoms with E-state index in [1.165, 1.54) is 0 Å². The van der Waals surface area contributed by atoms with Gasteiger partial charge >= 0.3 is 0 Å². The van der Waals surface area contributed by atoms with Crippen molar-refractivity contribution in [3.05, 3.63) is 18.0 Å². The third-order valence-electron chi connectivity index (χ3n) is 3.01. The summed E-state index contributed by atoms with van der Waals surface area (Å²) in [6, 6.07) is 3.56. The van der Waals surface area contributed by atoms with E-state index < -0.39 is 0 Å². The summed E-state index contributed by atoms with van der Waals surface area (Å²) in [5, 5.41) is 3.93. The van der Waals surface area contributed by atoms with Gasteiger partial charge in [-0.2, -0.15) is 4.98 Å². The highest BCUT2D eigenvalue weighted by Crippen LogP contribution is 2.43. The molecule has 0 fully saturated rings. The highest BCUT2D eigenvalue weighted by molar-refractivity contribution is 5.71. The van der Waals surface area contributed by atoms with Crippen molar-refractivity contribution in [2.45, 2.75) is 12.8 Å². The molecule has 0 aliphatic heterocycles. The molecule has 7 nitrogen and oxygen atoms in total. The Morgan fingerprint density at radius 1 is 1.10 bits per heavy atom. The van der Waals surface area contributed by atoms with Crippen LogP contribution in [0.5, 0.6) is 17.2 Å². The van der Waals surface area contributed by atoms with Crippen LogP contribution in [0.1, 0.15) is 12.2 Å². The number of hydrogen-bond acceptors (Lipinski definition) is 7. The number of rotatable bonds is 7. The fourth-order valence-corrected chi connectivity index (χ4v) is 1.99. The summed E-state index contributed by atoms with van der Waals surface area (Å²) in [6.45, 7) is 0.587. The van der Waals surface area contributed by atoms with Gasteiger partial charge in [0.15, 0.2) is 17.3 Å². The molecule has 0 amide bonds. The molecule has 0 radical (unpaired) electrons. The number of aromatic nitrogens is 2. The second kappa shape index (κ2) is 6.94. The van der Waals surface area contributed by atoms with Crippen LogP contribution in [0, 0.1) is 0 Å². The number of aryl methyl sites for hydroxylation is 1. The van der Waals surface area contributed by atoms with Crippen molar-refractivity contribution in [1.82, 2.24) is 10.1 Å². The van der Waals surface area contributed by atoms with Gasteiger partial charge in [-0.05, 0) is 25.1 Å². The van der Waals surface area contributed by atoms with Crippen molar-refractivity contribution >= 4 is 0 Å². The zero-order chi connectivity index (χ0) is 15.2. The minimum absolute atomic E-state index is 0.375. The van der Waals surface area contributed by atoms with Crippen molar-refractivity contribution in [3.63, 3.8) is 0 Å². The maximum atomic E-state index is 5.47. The molecule has 0 saturated heterocycles. The molecule has 2 rings (SSSR count). The summed E-state index contributed by atoms with van der Waals surface area (Å²) in [5.74, 6) is 2.54. The molecule has 1 aromatic heterocycles. The Balaban J connectivity index is 2.41. The lowest BCUT2D eigenvalue weighted by Crippen LogP contribution is -2.01. The van der Waals surface area contributed by atoms with E-state index in [-0.39, 0.29) is 0 Å². The molecule has 2 N–H and O–H groups in total. The van der Waals surface area contributed by atoms with E-state index >= 15 is 0 Å². The molecule has 2 aromatic rings. The highest BCUT2D eigenvalue weighted by atomic mass is 16.5. The van der Waals surface area contributed by atoms with Crippen LogP contribution < -0.4 is 19.9 Å². The fraction of sp³-hybridized carbons (Fsp3) is 0.429. The van der Waals surface area contributed by atoms with E-state index in [4.69, 9.17) is 24.5 Å². The number of nitrogens with zero attached hydrogens (tertiary/aromatic N) is 2. The third-order valence-corrected chi connectivity index (χ3v) is 3.01. The minimum atomic E-state index is 0.375. The van der Waals surface area contributed by atoms with E-state index in [2.05, 4.69) is 10.1 Å². The monoisotopic (exact) mass is 293 g/mol. The van der Waals surface area contributed by atoms with Crippen LogP contribution in [-0.2, 0) is 6.42 Å². The van der Waals surface area contributed by atoms with Gasteiger partial charge in [-0.15, -0.1) is 0 Å². The topological polar surface area (TPSA) is 92.6 Å². The second-order valence-corrected chi connectivity index (χ2v) is 4.29. The third kappa shape index (κ3) is 3.08. The van der Waals surface area contributed by atoms with E-state index in [9.17, 15) is 0 Å². The van der Waals surface area contributed by atoms with Crippen LogP contribution in [0.3, 0.4) is 0 Å². The average molecular weight is 293 g/mol. The van der Waals surface area contributed by atoms with Crippen molar-refractivity contribution < 1.29 is 18.7 Å². The highest BCUT2D eigenvalue weighted by Gasteiger charge is 2.20. The van der Waals surface area contributed by atoms with Crippen LogP contribution >= 0.6 is 0 Å². The zero-order valence-electron chi connectivity index (χ0n) is 12.4. The Labute approximate surface area is 123 Å². The van der Waals surface area contributed by atoms with Crippen LogP contribution in [0.2, 0.25) is 0 Å². The Morgan fingerprint density at radius 2 is 1.86 bits per heavy atom. The van der Waals surface area contributed by atoms with Gasteiger partial charge in [0.2, 0.25) is 5.75 Å². The molecule has 21 heavy (non-hydrogen) atoms. The van der Waals surface area contributed by atoms with Gasteiger partial charge in [-0.3, -0.25) is 0 Å². The first kappa shape index (κ1) is 15.1. The maximum absolute atomic E-state index is 5.47. The van der Waals surface area contributed by atoms with Crippen molar-refractivity contribution in [2.75, 3.05) is 27.9 Å². The quantitative estimate of drug-likeness (QED) is 0.829. The van der Waals surface area contributed by atoms with Gasteiger partial charge in [0.25, 0.3) is 5.89 Å². The Hall–Kier alpha value is -2.28. The smallest absolute Gasteiger partial charge is 0.261 e. The molecular weight excluding hydrogens is 274 g/mol. The number of methoxy groups -OCH3 is 3. The summed E-state index contributed by atoms with van der Waals surface area (Å²) >= 11 is 0. The Morgan fingerprint density at radius 3 is 2.48 bits per heavy atom. The molecule has 0 aliphatic carbocycles. The van der Waals surface area contributed by atoms with Crippen molar-refractivity contribution in [3.8, 4) is 28.7 Å². The molecule has 1 heterocycles. The van der Waals surface area contributed by atoms with Crippen LogP contribution in [0.25, 0.3) is 11.5 Å². The second-order valence-electron chi connectivity index (χ2n) is 4.29. The molecule has 0 spiro atoms. The minimum Gasteiger partial charge on any atom is -0.493 e. The lowest BCUT2D eigenvalue weighted by molar-refractivity contribution is 0.324.